The molecule has 2 aliphatic rings. The molecule has 7 nitrogen and oxygen atoms in total. The lowest BCUT2D eigenvalue weighted by Gasteiger charge is -2.39. The molecule has 12 heteroatoms. The van der Waals surface area contributed by atoms with Crippen molar-refractivity contribution in [2.75, 3.05) is 0 Å². The fraction of sp³-hybridized carbons (Fsp3) is 1.00. The third kappa shape index (κ3) is 4.79. The van der Waals surface area contributed by atoms with Crippen molar-refractivity contribution in [2.24, 2.45) is 0 Å². The van der Waals surface area contributed by atoms with Crippen molar-refractivity contribution >= 4 is 52.9 Å². The second kappa shape index (κ2) is 7.59. The number of hydroxylamine groups is 2. The van der Waals surface area contributed by atoms with Crippen LogP contribution in [0.15, 0.2) is 0 Å². The SMILES string of the molecule is CC1(C)OPOC1ON(OC1OPOC1(C)C)C(C)(Cl)C(Cl)Cl. The molecule has 5 unspecified atom stereocenters. The third-order valence-electron chi connectivity index (χ3n) is 3.19. The number of rotatable bonds is 6. The molecule has 0 aromatic carbocycles. The Hall–Kier alpha value is 1.45. The van der Waals surface area contributed by atoms with Crippen LogP contribution in [0.4, 0.5) is 0 Å². The largest absolute Gasteiger partial charge is 0.325 e. The molecule has 2 rings (SSSR count). The molecule has 2 heterocycles. The number of halogens is 3. The van der Waals surface area contributed by atoms with Gasteiger partial charge in [0.1, 0.15) is 16.0 Å². The summed E-state index contributed by atoms with van der Waals surface area (Å²) in [6, 6.07) is 0. The smallest absolute Gasteiger partial charge is 0.214 e. The van der Waals surface area contributed by atoms with E-state index in [1.54, 1.807) is 6.92 Å². The Bertz CT molecular complexity index is 401. The highest BCUT2D eigenvalue weighted by molar-refractivity contribution is 7.26. The van der Waals surface area contributed by atoms with E-state index in [1.165, 1.54) is 0 Å². The number of hydrogen-bond donors (Lipinski definition) is 0. The summed E-state index contributed by atoms with van der Waals surface area (Å²) in [4.78, 5) is 9.06. The van der Waals surface area contributed by atoms with Gasteiger partial charge < -0.3 is 18.1 Å². The van der Waals surface area contributed by atoms with E-state index < -0.39 is 33.6 Å². The maximum Gasteiger partial charge on any atom is 0.214 e. The lowest BCUT2D eigenvalue weighted by molar-refractivity contribution is -0.470. The summed E-state index contributed by atoms with van der Waals surface area (Å²) in [6.45, 7) is 8.83. The molecule has 2 aliphatic heterocycles. The van der Waals surface area contributed by atoms with E-state index in [9.17, 15) is 0 Å². The first-order chi connectivity index (χ1) is 10.5. The maximum absolute atomic E-state index is 6.40. The Kier molecular flexibility index (Phi) is 6.85. The van der Waals surface area contributed by atoms with Gasteiger partial charge in [0.15, 0.2) is 23.1 Å². The van der Waals surface area contributed by atoms with Crippen LogP contribution in [-0.2, 0) is 27.8 Å². The summed E-state index contributed by atoms with van der Waals surface area (Å²) in [5, 5.41) is 0.996. The molecule has 0 bridgehead atoms. The highest BCUT2D eigenvalue weighted by Gasteiger charge is 2.50. The van der Waals surface area contributed by atoms with Gasteiger partial charge >= 0.3 is 0 Å². The average molecular weight is 431 g/mol. The zero-order valence-corrected chi connectivity index (χ0v) is 17.5. The number of hydrogen-bond acceptors (Lipinski definition) is 7. The molecule has 5 atom stereocenters. The molecule has 0 aromatic rings. The van der Waals surface area contributed by atoms with Gasteiger partial charge in [0.25, 0.3) is 0 Å². The van der Waals surface area contributed by atoms with Crippen molar-refractivity contribution in [3.63, 3.8) is 0 Å². The van der Waals surface area contributed by atoms with E-state index >= 15 is 0 Å². The molecular formula is C11H20Cl3NO6P2. The van der Waals surface area contributed by atoms with Crippen LogP contribution < -0.4 is 0 Å². The van der Waals surface area contributed by atoms with Crippen molar-refractivity contribution in [1.29, 1.82) is 0 Å². The predicted molar refractivity (Wildman–Crippen MR) is 90.5 cm³/mol. The monoisotopic (exact) mass is 429 g/mol. The molecule has 0 saturated carbocycles. The summed E-state index contributed by atoms with van der Waals surface area (Å²) in [7, 11) is -0.311. The predicted octanol–water partition coefficient (Wildman–Crippen LogP) is 4.23. The Labute approximate surface area is 154 Å². The molecule has 23 heavy (non-hydrogen) atoms. The van der Waals surface area contributed by atoms with Gasteiger partial charge in [-0.3, -0.25) is 0 Å². The second-order valence-electron chi connectivity index (χ2n) is 6.27. The van der Waals surface area contributed by atoms with E-state index in [0.717, 1.165) is 5.23 Å². The third-order valence-corrected chi connectivity index (χ3v) is 6.46. The van der Waals surface area contributed by atoms with E-state index in [0.29, 0.717) is 0 Å². The van der Waals surface area contributed by atoms with Crippen molar-refractivity contribution in [3.05, 3.63) is 0 Å². The molecule has 136 valence electrons. The van der Waals surface area contributed by atoms with Gasteiger partial charge in [0.05, 0.1) is 0 Å². The molecule has 0 spiro atoms. The van der Waals surface area contributed by atoms with Gasteiger partial charge in [0.2, 0.25) is 12.6 Å². The Morgan fingerprint density at radius 1 is 1.00 bits per heavy atom. The van der Waals surface area contributed by atoms with Gasteiger partial charge in [-0.15, -0.1) is 23.2 Å². The van der Waals surface area contributed by atoms with Crippen molar-refractivity contribution in [2.45, 2.75) is 68.2 Å². The summed E-state index contributed by atoms with van der Waals surface area (Å²) in [5.41, 5.74) is -1.38. The first-order valence-corrected chi connectivity index (χ1v) is 9.63. The van der Waals surface area contributed by atoms with Gasteiger partial charge in [-0.2, -0.15) is 0 Å². The number of alkyl halides is 3. The minimum atomic E-state index is -1.40. The lowest BCUT2D eigenvalue weighted by atomic mass is 10.1. The Morgan fingerprint density at radius 2 is 1.39 bits per heavy atom. The minimum absolute atomic E-state index is 0.155. The maximum atomic E-state index is 6.40. The Balaban J connectivity index is 2.15. The fourth-order valence-corrected chi connectivity index (χ4v) is 3.30. The minimum Gasteiger partial charge on any atom is -0.325 e. The number of nitrogens with zero attached hydrogens (tertiary/aromatic N) is 1. The van der Waals surface area contributed by atoms with Crippen molar-refractivity contribution < 1.29 is 27.8 Å². The van der Waals surface area contributed by atoms with Crippen LogP contribution in [-0.4, -0.2) is 38.8 Å². The normalized spacial score (nSPS) is 34.7. The molecule has 0 N–H and O–H groups in total. The molecular weight excluding hydrogens is 410 g/mol. The zero-order valence-electron chi connectivity index (χ0n) is 13.3. The van der Waals surface area contributed by atoms with Crippen LogP contribution in [0.2, 0.25) is 0 Å². The van der Waals surface area contributed by atoms with Crippen LogP contribution in [0.1, 0.15) is 34.6 Å². The van der Waals surface area contributed by atoms with Gasteiger partial charge in [-0.25, -0.2) is 9.68 Å². The molecule has 2 fully saturated rings. The molecule has 0 aliphatic carbocycles. The quantitative estimate of drug-likeness (QED) is 0.270. The van der Waals surface area contributed by atoms with Crippen LogP contribution in [0.3, 0.4) is 0 Å². The highest BCUT2D eigenvalue weighted by atomic mass is 35.5. The topological polar surface area (TPSA) is 58.6 Å². The van der Waals surface area contributed by atoms with E-state index in [2.05, 4.69) is 0 Å². The van der Waals surface area contributed by atoms with E-state index in [-0.39, 0.29) is 18.1 Å². The first kappa shape index (κ1) is 20.8. The zero-order chi connectivity index (χ0) is 17.5. The van der Waals surface area contributed by atoms with E-state index in [4.69, 9.17) is 62.6 Å². The average Bonchev–Trinajstić information content (AvgIpc) is 2.91. The summed E-state index contributed by atoms with van der Waals surface area (Å²) >= 11 is 18.3. The van der Waals surface area contributed by atoms with E-state index in [1.807, 2.05) is 27.7 Å². The molecule has 2 saturated heterocycles. The highest BCUT2D eigenvalue weighted by Crippen LogP contribution is 2.45. The second-order valence-corrected chi connectivity index (χ2v) is 9.34. The first-order valence-electron chi connectivity index (χ1n) is 6.75. The summed E-state index contributed by atoms with van der Waals surface area (Å²) in [5.74, 6) is 0. The van der Waals surface area contributed by atoms with Crippen molar-refractivity contribution in [3.8, 4) is 0 Å². The molecule has 0 amide bonds. The van der Waals surface area contributed by atoms with Gasteiger partial charge in [-0.1, -0.05) is 11.6 Å². The van der Waals surface area contributed by atoms with Gasteiger partial charge in [0, 0.05) is 0 Å². The molecule has 0 radical (unpaired) electrons. The molecule has 0 aromatic heterocycles. The van der Waals surface area contributed by atoms with Crippen LogP contribution >= 0.6 is 52.9 Å². The summed E-state index contributed by atoms with van der Waals surface area (Å²) < 4.78 is 21.8. The fourth-order valence-electron chi connectivity index (χ4n) is 1.51. The van der Waals surface area contributed by atoms with Crippen LogP contribution in [0.5, 0.6) is 0 Å². The Morgan fingerprint density at radius 3 is 1.65 bits per heavy atom. The standard InChI is InChI=1S/C11H20Cl3NO6P2/c1-9(2)7(18-22-20-9)16-15(11(5,14)6(12)13)17-8-10(3,4)21-23-19-8/h6-8,22-23H,1-5H3. The lowest BCUT2D eigenvalue weighted by Crippen LogP contribution is -2.54. The van der Waals surface area contributed by atoms with Crippen LogP contribution in [0.25, 0.3) is 0 Å². The van der Waals surface area contributed by atoms with Gasteiger partial charge in [-0.05, 0) is 39.8 Å². The summed E-state index contributed by atoms with van der Waals surface area (Å²) in [6.07, 6.45) is -1.50. The van der Waals surface area contributed by atoms with Crippen molar-refractivity contribution in [1.82, 2.24) is 5.23 Å². The van der Waals surface area contributed by atoms with Crippen LogP contribution in [0, 0.1) is 0 Å².